The van der Waals surface area contributed by atoms with E-state index in [0.717, 1.165) is 25.8 Å². The van der Waals surface area contributed by atoms with Crippen LogP contribution in [0.5, 0.6) is 5.75 Å². The third kappa shape index (κ3) is 4.46. The molecule has 24 heavy (non-hydrogen) atoms. The number of benzene rings is 2. The van der Waals surface area contributed by atoms with E-state index < -0.39 is 0 Å². The van der Waals surface area contributed by atoms with E-state index in [2.05, 4.69) is 42.1 Å². The molecule has 0 spiro atoms. The number of hydrogen-bond acceptors (Lipinski definition) is 5. The first kappa shape index (κ1) is 16.7. The highest BCUT2D eigenvalue weighted by atomic mass is 79.9. The summed E-state index contributed by atoms with van der Waals surface area (Å²) in [6.45, 7) is 0.495. The number of anilines is 1. The van der Waals surface area contributed by atoms with Crippen LogP contribution in [0.1, 0.15) is 17.0 Å². The standard InChI is InChI=1S/C17H13Br2N3O2/c18-13-3-1-2-12(8-13)10-23-15-6-4-11(9-14(15)19)5-7-16-21-22-17(20)24-16/h1-9H,10H2,(H2,20,22)/b7-5+. The Hall–Kier alpha value is -2.12. The van der Waals surface area contributed by atoms with E-state index in [1.54, 1.807) is 6.08 Å². The zero-order chi connectivity index (χ0) is 16.9. The summed E-state index contributed by atoms with van der Waals surface area (Å²) in [5.41, 5.74) is 7.44. The summed E-state index contributed by atoms with van der Waals surface area (Å²) in [4.78, 5) is 0. The summed E-state index contributed by atoms with van der Waals surface area (Å²) in [6, 6.07) is 13.9. The Bertz CT molecular complexity index is 878. The molecule has 3 rings (SSSR count). The lowest BCUT2D eigenvalue weighted by Crippen LogP contribution is -1.96. The number of aromatic nitrogens is 2. The predicted octanol–water partition coefficient (Wildman–Crippen LogP) is 4.93. The molecule has 0 fully saturated rings. The molecule has 122 valence electrons. The van der Waals surface area contributed by atoms with Crippen molar-refractivity contribution in [3.05, 3.63) is 68.4 Å². The number of hydrogen-bond donors (Lipinski definition) is 1. The Balaban J connectivity index is 1.67. The van der Waals surface area contributed by atoms with Gasteiger partial charge in [-0.25, -0.2) is 0 Å². The first-order chi connectivity index (χ1) is 11.6. The van der Waals surface area contributed by atoms with Crippen LogP contribution in [-0.4, -0.2) is 10.2 Å². The van der Waals surface area contributed by atoms with Gasteiger partial charge in [0.1, 0.15) is 12.4 Å². The second-order valence-corrected chi connectivity index (χ2v) is 6.69. The molecule has 0 saturated heterocycles. The van der Waals surface area contributed by atoms with Crippen LogP contribution in [0.3, 0.4) is 0 Å². The highest BCUT2D eigenvalue weighted by Crippen LogP contribution is 2.28. The first-order valence-corrected chi connectivity index (χ1v) is 8.62. The molecular weight excluding hydrogens is 438 g/mol. The minimum Gasteiger partial charge on any atom is -0.488 e. The van der Waals surface area contributed by atoms with Crippen molar-refractivity contribution in [2.24, 2.45) is 0 Å². The monoisotopic (exact) mass is 449 g/mol. The van der Waals surface area contributed by atoms with Gasteiger partial charge in [-0.3, -0.25) is 0 Å². The van der Waals surface area contributed by atoms with Crippen LogP contribution >= 0.6 is 31.9 Å². The summed E-state index contributed by atoms with van der Waals surface area (Å²) >= 11 is 6.98. The molecule has 0 atom stereocenters. The molecule has 7 heteroatoms. The second-order valence-electron chi connectivity index (χ2n) is 4.92. The molecular formula is C17H13Br2N3O2. The zero-order valence-electron chi connectivity index (χ0n) is 12.4. The minimum atomic E-state index is 0.0483. The molecule has 0 unspecified atom stereocenters. The fourth-order valence-electron chi connectivity index (χ4n) is 2.01. The highest BCUT2D eigenvalue weighted by Gasteiger charge is 2.03. The van der Waals surface area contributed by atoms with Crippen LogP contribution in [0.2, 0.25) is 0 Å². The smallest absolute Gasteiger partial charge is 0.313 e. The van der Waals surface area contributed by atoms with Gasteiger partial charge in [0.05, 0.1) is 4.47 Å². The Morgan fingerprint density at radius 3 is 2.67 bits per heavy atom. The Morgan fingerprint density at radius 2 is 1.96 bits per heavy atom. The predicted molar refractivity (Wildman–Crippen MR) is 100 cm³/mol. The fourth-order valence-corrected chi connectivity index (χ4v) is 2.96. The van der Waals surface area contributed by atoms with Crippen molar-refractivity contribution in [3.63, 3.8) is 0 Å². The fraction of sp³-hybridized carbons (Fsp3) is 0.0588. The molecule has 1 heterocycles. The van der Waals surface area contributed by atoms with Crippen molar-refractivity contribution >= 4 is 50.0 Å². The van der Waals surface area contributed by atoms with Crippen molar-refractivity contribution in [1.82, 2.24) is 10.2 Å². The van der Waals surface area contributed by atoms with Crippen molar-refractivity contribution in [1.29, 1.82) is 0 Å². The van der Waals surface area contributed by atoms with Gasteiger partial charge in [-0.15, -0.1) is 5.10 Å². The summed E-state index contributed by atoms with van der Waals surface area (Å²) in [6.07, 6.45) is 3.56. The summed E-state index contributed by atoms with van der Waals surface area (Å²) < 4.78 is 12.8. The van der Waals surface area contributed by atoms with Gasteiger partial charge >= 0.3 is 6.01 Å². The molecule has 1 aromatic heterocycles. The van der Waals surface area contributed by atoms with Crippen LogP contribution in [0.15, 0.2) is 55.8 Å². The van der Waals surface area contributed by atoms with Gasteiger partial charge < -0.3 is 14.9 Å². The molecule has 0 amide bonds. The quantitative estimate of drug-likeness (QED) is 0.596. The van der Waals surface area contributed by atoms with Gasteiger partial charge in [0.15, 0.2) is 0 Å². The van der Waals surface area contributed by atoms with Gasteiger partial charge in [-0.1, -0.05) is 39.2 Å². The summed E-state index contributed by atoms with van der Waals surface area (Å²) in [7, 11) is 0. The maximum Gasteiger partial charge on any atom is 0.313 e. The Kier molecular flexibility index (Phi) is 5.32. The molecule has 3 aromatic rings. The lowest BCUT2D eigenvalue weighted by atomic mass is 10.2. The summed E-state index contributed by atoms with van der Waals surface area (Å²) in [5.74, 6) is 1.13. The van der Waals surface area contributed by atoms with Crippen LogP contribution in [0.4, 0.5) is 6.01 Å². The van der Waals surface area contributed by atoms with Crippen LogP contribution in [0.25, 0.3) is 12.2 Å². The Morgan fingerprint density at radius 1 is 1.08 bits per heavy atom. The maximum atomic E-state index is 5.85. The Labute approximate surface area is 155 Å². The molecule has 0 aliphatic rings. The number of rotatable bonds is 5. The van der Waals surface area contributed by atoms with E-state index in [4.69, 9.17) is 14.9 Å². The lowest BCUT2D eigenvalue weighted by Gasteiger charge is -2.09. The number of halogens is 2. The van der Waals surface area contributed by atoms with Gasteiger partial charge in [0.25, 0.3) is 0 Å². The summed E-state index contributed by atoms with van der Waals surface area (Å²) in [5, 5.41) is 7.37. The highest BCUT2D eigenvalue weighted by molar-refractivity contribution is 9.10. The average Bonchev–Trinajstić information content (AvgIpc) is 2.98. The van der Waals surface area contributed by atoms with Gasteiger partial charge in [-0.2, -0.15) is 0 Å². The molecule has 0 aliphatic carbocycles. The maximum absolute atomic E-state index is 5.85. The van der Waals surface area contributed by atoms with Crippen LogP contribution in [-0.2, 0) is 6.61 Å². The van der Waals surface area contributed by atoms with E-state index in [1.807, 2.05) is 48.5 Å². The van der Waals surface area contributed by atoms with E-state index in [-0.39, 0.29) is 6.01 Å². The van der Waals surface area contributed by atoms with Crippen LogP contribution < -0.4 is 10.5 Å². The molecule has 0 aliphatic heterocycles. The molecule has 0 bridgehead atoms. The van der Waals surface area contributed by atoms with E-state index >= 15 is 0 Å². The topological polar surface area (TPSA) is 74.2 Å². The largest absolute Gasteiger partial charge is 0.488 e. The van der Waals surface area contributed by atoms with E-state index in [0.29, 0.717) is 12.5 Å². The lowest BCUT2D eigenvalue weighted by molar-refractivity contribution is 0.304. The normalized spacial score (nSPS) is 11.1. The third-order valence-electron chi connectivity index (χ3n) is 3.11. The SMILES string of the molecule is Nc1nnc(/C=C/c2ccc(OCc3cccc(Br)c3)c(Br)c2)o1. The third-order valence-corrected chi connectivity index (χ3v) is 4.23. The number of nitrogen functional groups attached to an aromatic ring is 1. The average molecular weight is 451 g/mol. The van der Waals surface area contributed by atoms with Gasteiger partial charge in [0, 0.05) is 10.5 Å². The van der Waals surface area contributed by atoms with Crippen molar-refractivity contribution in [2.75, 3.05) is 5.73 Å². The second kappa shape index (κ2) is 7.63. The van der Waals surface area contributed by atoms with Crippen molar-refractivity contribution < 1.29 is 9.15 Å². The minimum absolute atomic E-state index is 0.0483. The zero-order valence-corrected chi connectivity index (χ0v) is 15.6. The van der Waals surface area contributed by atoms with E-state index in [9.17, 15) is 0 Å². The molecule has 2 N–H and O–H groups in total. The molecule has 0 radical (unpaired) electrons. The number of ether oxygens (including phenoxy) is 1. The molecule has 5 nitrogen and oxygen atoms in total. The van der Waals surface area contributed by atoms with Crippen molar-refractivity contribution in [3.8, 4) is 5.75 Å². The molecule has 2 aromatic carbocycles. The van der Waals surface area contributed by atoms with Gasteiger partial charge in [-0.05, 0) is 57.4 Å². The number of nitrogens with two attached hydrogens (primary N) is 1. The van der Waals surface area contributed by atoms with E-state index in [1.165, 1.54) is 0 Å². The number of nitrogens with zero attached hydrogens (tertiary/aromatic N) is 2. The van der Waals surface area contributed by atoms with Crippen LogP contribution in [0, 0.1) is 0 Å². The first-order valence-electron chi connectivity index (χ1n) is 7.04. The van der Waals surface area contributed by atoms with Crippen molar-refractivity contribution in [2.45, 2.75) is 6.61 Å². The van der Waals surface area contributed by atoms with Gasteiger partial charge in [0.2, 0.25) is 5.89 Å². The molecule has 0 saturated carbocycles.